The number of hydrogen-bond donors (Lipinski definition) is 1. The molecule has 0 radical (unpaired) electrons. The van der Waals surface area contributed by atoms with Crippen LogP contribution in [0.15, 0.2) is 24.3 Å². The van der Waals surface area contributed by atoms with E-state index in [0.717, 1.165) is 21.1 Å². The maximum atomic E-state index is 10.8. The van der Waals surface area contributed by atoms with Crippen molar-refractivity contribution in [3.05, 3.63) is 39.7 Å². The van der Waals surface area contributed by atoms with E-state index in [1.54, 1.807) is 0 Å². The van der Waals surface area contributed by atoms with Crippen LogP contribution < -0.4 is 0 Å². The molecule has 0 spiro atoms. The molecule has 5 heteroatoms. The number of aliphatic carboxylic acids is 1. The molecular formula is C13H14BrNO2S. The highest BCUT2D eigenvalue weighted by molar-refractivity contribution is 8.93. The van der Waals surface area contributed by atoms with Crippen LogP contribution in [0.1, 0.15) is 15.4 Å². The van der Waals surface area contributed by atoms with Crippen LogP contribution in [0.3, 0.4) is 0 Å². The molecule has 0 unspecified atom stereocenters. The van der Waals surface area contributed by atoms with Gasteiger partial charge in [0.2, 0.25) is 0 Å². The highest BCUT2D eigenvalue weighted by atomic mass is 79.9. The third-order valence-electron chi connectivity index (χ3n) is 2.44. The van der Waals surface area contributed by atoms with Crippen molar-refractivity contribution in [2.24, 2.45) is 0 Å². The van der Waals surface area contributed by atoms with Crippen molar-refractivity contribution in [1.82, 2.24) is 4.98 Å². The lowest BCUT2D eigenvalue weighted by Gasteiger charge is -2.01. The van der Waals surface area contributed by atoms with Crippen molar-refractivity contribution in [2.45, 2.75) is 20.3 Å². The number of carboxylic acids is 1. The van der Waals surface area contributed by atoms with Crippen molar-refractivity contribution in [1.29, 1.82) is 0 Å². The number of rotatable bonds is 3. The molecular weight excluding hydrogens is 314 g/mol. The fourth-order valence-electron chi connectivity index (χ4n) is 1.66. The van der Waals surface area contributed by atoms with Crippen LogP contribution in [0.4, 0.5) is 0 Å². The lowest BCUT2D eigenvalue weighted by Crippen LogP contribution is -1.99. The summed E-state index contributed by atoms with van der Waals surface area (Å²) in [5.41, 5.74) is 2.96. The number of aromatic nitrogens is 1. The minimum atomic E-state index is -0.818. The van der Waals surface area contributed by atoms with E-state index in [1.807, 2.05) is 38.1 Å². The van der Waals surface area contributed by atoms with E-state index < -0.39 is 5.97 Å². The SMILES string of the molecule is Br.Cc1ccc(-c2nc(C)sc2CC(=O)O)cc1. The van der Waals surface area contributed by atoms with Gasteiger partial charge in [-0.1, -0.05) is 29.8 Å². The van der Waals surface area contributed by atoms with Crippen molar-refractivity contribution < 1.29 is 9.90 Å². The van der Waals surface area contributed by atoms with Gasteiger partial charge in [0.25, 0.3) is 0 Å². The molecule has 0 atom stereocenters. The summed E-state index contributed by atoms with van der Waals surface area (Å²) in [7, 11) is 0. The van der Waals surface area contributed by atoms with E-state index in [2.05, 4.69) is 4.98 Å². The van der Waals surface area contributed by atoms with Gasteiger partial charge in [-0.15, -0.1) is 28.3 Å². The monoisotopic (exact) mass is 327 g/mol. The van der Waals surface area contributed by atoms with Crippen LogP contribution in [-0.2, 0) is 11.2 Å². The van der Waals surface area contributed by atoms with Crippen LogP contribution in [0.5, 0.6) is 0 Å². The third-order valence-corrected chi connectivity index (χ3v) is 3.41. The molecule has 0 amide bonds. The first-order valence-corrected chi connectivity index (χ1v) is 6.13. The summed E-state index contributed by atoms with van der Waals surface area (Å²) in [5, 5.41) is 9.77. The van der Waals surface area contributed by atoms with Crippen LogP contribution in [0.25, 0.3) is 11.3 Å². The fraction of sp³-hybridized carbons (Fsp3) is 0.231. The van der Waals surface area contributed by atoms with E-state index in [1.165, 1.54) is 16.9 Å². The van der Waals surface area contributed by atoms with E-state index in [-0.39, 0.29) is 23.4 Å². The number of carbonyl (C=O) groups is 1. The number of aryl methyl sites for hydroxylation is 2. The van der Waals surface area contributed by atoms with Crippen molar-refractivity contribution in [3.8, 4) is 11.3 Å². The van der Waals surface area contributed by atoms with Gasteiger partial charge in [-0.25, -0.2) is 4.98 Å². The van der Waals surface area contributed by atoms with Gasteiger partial charge >= 0.3 is 5.97 Å². The fourth-order valence-corrected chi connectivity index (χ4v) is 2.61. The Labute approximate surface area is 120 Å². The molecule has 96 valence electrons. The quantitative estimate of drug-likeness (QED) is 0.936. The van der Waals surface area contributed by atoms with Crippen LogP contribution >= 0.6 is 28.3 Å². The molecule has 1 N–H and O–H groups in total. The van der Waals surface area contributed by atoms with E-state index in [0.29, 0.717) is 0 Å². The summed E-state index contributed by atoms with van der Waals surface area (Å²) in [6.07, 6.45) is 0.0364. The van der Waals surface area contributed by atoms with Crippen LogP contribution in [0.2, 0.25) is 0 Å². The van der Waals surface area contributed by atoms with E-state index >= 15 is 0 Å². The summed E-state index contributed by atoms with van der Waals surface area (Å²) in [4.78, 5) is 16.0. The molecule has 0 bridgehead atoms. The molecule has 0 aliphatic rings. The number of halogens is 1. The zero-order chi connectivity index (χ0) is 12.4. The Bertz CT molecular complexity index is 549. The maximum absolute atomic E-state index is 10.8. The van der Waals surface area contributed by atoms with E-state index in [9.17, 15) is 4.79 Å². The number of thiazole rings is 1. The Hall–Kier alpha value is -1.20. The first kappa shape index (κ1) is 14.9. The Morgan fingerprint density at radius 1 is 1.28 bits per heavy atom. The molecule has 3 nitrogen and oxygen atoms in total. The smallest absolute Gasteiger partial charge is 0.308 e. The summed E-state index contributed by atoms with van der Waals surface area (Å²) < 4.78 is 0. The predicted octanol–water partition coefficient (Wildman–Crippen LogP) is 3.63. The molecule has 1 aromatic heterocycles. The summed E-state index contributed by atoms with van der Waals surface area (Å²) in [6, 6.07) is 7.98. The lowest BCUT2D eigenvalue weighted by molar-refractivity contribution is -0.136. The largest absolute Gasteiger partial charge is 0.481 e. The number of carboxylic acid groups (broad SMARTS) is 1. The maximum Gasteiger partial charge on any atom is 0.308 e. The Morgan fingerprint density at radius 3 is 2.44 bits per heavy atom. The first-order valence-electron chi connectivity index (χ1n) is 5.31. The second kappa shape index (κ2) is 6.11. The van der Waals surface area contributed by atoms with Gasteiger partial charge in [0, 0.05) is 10.4 Å². The topological polar surface area (TPSA) is 50.2 Å². The van der Waals surface area contributed by atoms with Crippen molar-refractivity contribution >= 4 is 34.3 Å². The zero-order valence-corrected chi connectivity index (χ0v) is 12.7. The molecule has 0 aliphatic carbocycles. The van der Waals surface area contributed by atoms with Crippen molar-refractivity contribution in [3.63, 3.8) is 0 Å². The van der Waals surface area contributed by atoms with Gasteiger partial charge in [0.15, 0.2) is 0 Å². The molecule has 2 aromatic rings. The molecule has 0 aliphatic heterocycles. The Balaban J connectivity index is 0.00000162. The summed E-state index contributed by atoms with van der Waals surface area (Å²) in [5.74, 6) is -0.818. The highest BCUT2D eigenvalue weighted by Gasteiger charge is 2.13. The van der Waals surface area contributed by atoms with Gasteiger partial charge in [0.1, 0.15) is 0 Å². The normalized spacial score (nSPS) is 9.89. The lowest BCUT2D eigenvalue weighted by atomic mass is 10.1. The van der Waals surface area contributed by atoms with Crippen LogP contribution in [0, 0.1) is 13.8 Å². The minimum Gasteiger partial charge on any atom is -0.481 e. The highest BCUT2D eigenvalue weighted by Crippen LogP contribution is 2.28. The number of nitrogens with zero attached hydrogens (tertiary/aromatic N) is 1. The summed E-state index contributed by atoms with van der Waals surface area (Å²) in [6.45, 7) is 3.92. The second-order valence-electron chi connectivity index (χ2n) is 3.94. The average Bonchev–Trinajstić information content (AvgIpc) is 2.59. The molecule has 1 aromatic carbocycles. The zero-order valence-electron chi connectivity index (χ0n) is 10.1. The van der Waals surface area contributed by atoms with Gasteiger partial charge in [-0.2, -0.15) is 0 Å². The molecule has 1 heterocycles. The first-order chi connectivity index (χ1) is 8.06. The predicted molar refractivity (Wildman–Crippen MR) is 78.7 cm³/mol. The second-order valence-corrected chi connectivity index (χ2v) is 5.23. The third kappa shape index (κ3) is 3.40. The van der Waals surface area contributed by atoms with Crippen LogP contribution in [-0.4, -0.2) is 16.1 Å². The number of benzene rings is 1. The molecule has 0 saturated carbocycles. The minimum absolute atomic E-state index is 0. The van der Waals surface area contributed by atoms with Gasteiger partial charge in [-0.05, 0) is 13.8 Å². The van der Waals surface area contributed by atoms with Gasteiger partial charge in [0.05, 0.1) is 17.1 Å². The van der Waals surface area contributed by atoms with Crippen molar-refractivity contribution in [2.75, 3.05) is 0 Å². The Kier molecular flexibility index (Phi) is 5.04. The number of hydrogen-bond acceptors (Lipinski definition) is 3. The van der Waals surface area contributed by atoms with E-state index in [4.69, 9.17) is 5.11 Å². The summed E-state index contributed by atoms with van der Waals surface area (Å²) >= 11 is 1.45. The molecule has 2 rings (SSSR count). The molecule has 18 heavy (non-hydrogen) atoms. The van der Waals surface area contributed by atoms with Gasteiger partial charge < -0.3 is 5.11 Å². The molecule has 0 fully saturated rings. The standard InChI is InChI=1S/C13H13NO2S.BrH/c1-8-3-5-10(6-4-8)13-11(7-12(15)16)17-9(2)14-13;/h3-6H,7H2,1-2H3,(H,15,16);1H. The Morgan fingerprint density at radius 2 is 1.89 bits per heavy atom. The molecule has 0 saturated heterocycles. The van der Waals surface area contributed by atoms with Gasteiger partial charge in [-0.3, -0.25) is 4.79 Å². The average molecular weight is 328 g/mol.